The lowest BCUT2D eigenvalue weighted by Gasteiger charge is -2.52. The van der Waals surface area contributed by atoms with Gasteiger partial charge in [0.25, 0.3) is 0 Å². The zero-order valence-electron chi connectivity index (χ0n) is 13.3. The molecule has 4 unspecified atom stereocenters. The van der Waals surface area contributed by atoms with Gasteiger partial charge in [0.1, 0.15) is 0 Å². The first-order valence-corrected chi connectivity index (χ1v) is 8.60. The van der Waals surface area contributed by atoms with E-state index in [0.717, 1.165) is 24.4 Å². The number of rotatable bonds is 3. The van der Waals surface area contributed by atoms with Crippen molar-refractivity contribution in [1.29, 1.82) is 0 Å². The van der Waals surface area contributed by atoms with Gasteiger partial charge in [-0.15, -0.1) is 0 Å². The van der Waals surface area contributed by atoms with Gasteiger partial charge in [0.15, 0.2) is 0 Å². The SMILES string of the molecule is CCC1CCCCCN1C1(CN)CCC(C)C(C)C1. The Morgan fingerprint density at radius 1 is 1.11 bits per heavy atom. The second-order valence-electron chi connectivity index (χ2n) is 7.23. The molecule has 1 saturated heterocycles. The van der Waals surface area contributed by atoms with E-state index in [2.05, 4.69) is 25.7 Å². The molecule has 0 bridgehead atoms. The van der Waals surface area contributed by atoms with E-state index < -0.39 is 0 Å². The summed E-state index contributed by atoms with van der Waals surface area (Å²) in [6, 6.07) is 0.784. The van der Waals surface area contributed by atoms with Crippen LogP contribution in [0, 0.1) is 11.8 Å². The Bertz CT molecular complexity index is 278. The average Bonchev–Trinajstić information content (AvgIpc) is 2.67. The molecular formula is C17H34N2. The fraction of sp³-hybridized carbons (Fsp3) is 1.00. The monoisotopic (exact) mass is 266 g/mol. The lowest BCUT2D eigenvalue weighted by Crippen LogP contribution is -2.60. The maximum Gasteiger partial charge on any atom is 0.0337 e. The van der Waals surface area contributed by atoms with E-state index >= 15 is 0 Å². The van der Waals surface area contributed by atoms with Crippen LogP contribution < -0.4 is 5.73 Å². The number of likely N-dealkylation sites (tertiary alicyclic amines) is 1. The predicted octanol–water partition coefficient (Wildman–Crippen LogP) is 3.79. The van der Waals surface area contributed by atoms with Crippen molar-refractivity contribution in [2.24, 2.45) is 17.6 Å². The third-order valence-electron chi connectivity index (χ3n) is 6.08. The van der Waals surface area contributed by atoms with Crippen LogP contribution in [0.5, 0.6) is 0 Å². The van der Waals surface area contributed by atoms with E-state index in [0.29, 0.717) is 5.54 Å². The van der Waals surface area contributed by atoms with Crippen LogP contribution in [0.3, 0.4) is 0 Å². The normalized spacial score (nSPS) is 42.0. The molecule has 0 aromatic rings. The average molecular weight is 266 g/mol. The molecule has 2 fully saturated rings. The molecule has 1 aliphatic heterocycles. The molecule has 1 aliphatic carbocycles. The second-order valence-corrected chi connectivity index (χ2v) is 7.23. The molecule has 1 heterocycles. The van der Waals surface area contributed by atoms with Gasteiger partial charge in [0.05, 0.1) is 0 Å². The molecular weight excluding hydrogens is 232 g/mol. The van der Waals surface area contributed by atoms with Crippen LogP contribution in [0.2, 0.25) is 0 Å². The third kappa shape index (κ3) is 3.16. The molecule has 1 saturated carbocycles. The molecule has 0 aromatic heterocycles. The quantitative estimate of drug-likeness (QED) is 0.842. The van der Waals surface area contributed by atoms with E-state index in [1.807, 2.05) is 0 Å². The van der Waals surface area contributed by atoms with Crippen molar-refractivity contribution in [1.82, 2.24) is 4.90 Å². The molecule has 19 heavy (non-hydrogen) atoms. The Kier molecular flexibility index (Phi) is 5.30. The summed E-state index contributed by atoms with van der Waals surface area (Å²) in [4.78, 5) is 2.85. The summed E-state index contributed by atoms with van der Waals surface area (Å²) in [5.41, 5.74) is 6.62. The highest BCUT2D eigenvalue weighted by Crippen LogP contribution is 2.42. The Balaban J connectivity index is 2.18. The molecule has 2 N–H and O–H groups in total. The summed E-state index contributed by atoms with van der Waals surface area (Å²) in [5, 5.41) is 0. The van der Waals surface area contributed by atoms with E-state index in [4.69, 9.17) is 5.73 Å². The van der Waals surface area contributed by atoms with Gasteiger partial charge in [-0.05, 0) is 56.9 Å². The molecule has 0 aromatic carbocycles. The molecule has 0 spiro atoms. The Morgan fingerprint density at radius 2 is 1.89 bits per heavy atom. The minimum atomic E-state index is 0.316. The van der Waals surface area contributed by atoms with Crippen LogP contribution in [0.1, 0.15) is 72.1 Å². The first-order chi connectivity index (χ1) is 9.13. The highest BCUT2D eigenvalue weighted by molar-refractivity contribution is 5.00. The maximum atomic E-state index is 6.30. The Morgan fingerprint density at radius 3 is 2.53 bits per heavy atom. The van der Waals surface area contributed by atoms with Crippen molar-refractivity contribution in [3.63, 3.8) is 0 Å². The van der Waals surface area contributed by atoms with Crippen molar-refractivity contribution in [3.05, 3.63) is 0 Å². The smallest absolute Gasteiger partial charge is 0.0337 e. The van der Waals surface area contributed by atoms with Gasteiger partial charge in [-0.25, -0.2) is 0 Å². The molecule has 2 nitrogen and oxygen atoms in total. The summed E-state index contributed by atoms with van der Waals surface area (Å²) < 4.78 is 0. The van der Waals surface area contributed by atoms with E-state index in [9.17, 15) is 0 Å². The van der Waals surface area contributed by atoms with Gasteiger partial charge in [0.2, 0.25) is 0 Å². The Hall–Kier alpha value is -0.0800. The van der Waals surface area contributed by atoms with Crippen molar-refractivity contribution in [3.8, 4) is 0 Å². The van der Waals surface area contributed by atoms with Gasteiger partial charge < -0.3 is 5.73 Å². The van der Waals surface area contributed by atoms with Crippen LogP contribution in [0.15, 0.2) is 0 Å². The van der Waals surface area contributed by atoms with Crippen molar-refractivity contribution in [2.75, 3.05) is 13.1 Å². The van der Waals surface area contributed by atoms with Crippen molar-refractivity contribution >= 4 is 0 Å². The summed E-state index contributed by atoms with van der Waals surface area (Å²) in [6.45, 7) is 9.37. The molecule has 0 radical (unpaired) electrons. The van der Waals surface area contributed by atoms with Crippen LogP contribution in [-0.2, 0) is 0 Å². The minimum Gasteiger partial charge on any atom is -0.329 e. The van der Waals surface area contributed by atoms with Crippen LogP contribution in [0.4, 0.5) is 0 Å². The molecule has 4 atom stereocenters. The summed E-state index contributed by atoms with van der Waals surface area (Å²) in [7, 11) is 0. The lowest BCUT2D eigenvalue weighted by atomic mass is 9.69. The Labute approximate surface area is 120 Å². The highest BCUT2D eigenvalue weighted by atomic mass is 15.2. The second kappa shape index (κ2) is 6.58. The lowest BCUT2D eigenvalue weighted by molar-refractivity contribution is -0.00887. The number of nitrogens with zero attached hydrogens (tertiary/aromatic N) is 1. The van der Waals surface area contributed by atoms with Crippen LogP contribution >= 0.6 is 0 Å². The molecule has 112 valence electrons. The summed E-state index contributed by atoms with van der Waals surface area (Å²) in [5.74, 6) is 1.71. The molecule has 0 amide bonds. The van der Waals surface area contributed by atoms with Crippen LogP contribution in [-0.4, -0.2) is 29.6 Å². The predicted molar refractivity (Wildman–Crippen MR) is 83.2 cm³/mol. The number of hydrogen-bond donors (Lipinski definition) is 1. The van der Waals surface area contributed by atoms with Gasteiger partial charge in [-0.1, -0.05) is 33.6 Å². The van der Waals surface area contributed by atoms with E-state index in [1.165, 1.54) is 57.9 Å². The number of hydrogen-bond acceptors (Lipinski definition) is 2. The number of nitrogens with two attached hydrogens (primary N) is 1. The summed E-state index contributed by atoms with van der Waals surface area (Å²) in [6.07, 6.45) is 10.9. The molecule has 2 aliphatic rings. The molecule has 2 rings (SSSR count). The maximum absolute atomic E-state index is 6.30. The van der Waals surface area contributed by atoms with Crippen LogP contribution in [0.25, 0.3) is 0 Å². The third-order valence-corrected chi connectivity index (χ3v) is 6.08. The van der Waals surface area contributed by atoms with Gasteiger partial charge in [0, 0.05) is 18.1 Å². The first kappa shape index (κ1) is 15.3. The van der Waals surface area contributed by atoms with Crippen molar-refractivity contribution in [2.45, 2.75) is 83.7 Å². The summed E-state index contributed by atoms with van der Waals surface area (Å²) >= 11 is 0. The fourth-order valence-electron chi connectivity index (χ4n) is 4.47. The fourth-order valence-corrected chi connectivity index (χ4v) is 4.47. The zero-order chi connectivity index (χ0) is 13.9. The topological polar surface area (TPSA) is 29.3 Å². The van der Waals surface area contributed by atoms with Gasteiger partial charge in [-0.2, -0.15) is 0 Å². The van der Waals surface area contributed by atoms with E-state index in [-0.39, 0.29) is 0 Å². The minimum absolute atomic E-state index is 0.316. The van der Waals surface area contributed by atoms with E-state index in [1.54, 1.807) is 0 Å². The van der Waals surface area contributed by atoms with Crippen molar-refractivity contribution < 1.29 is 0 Å². The standard InChI is InChI=1S/C17H34N2/c1-4-16-8-6-5-7-11-19(16)17(13-18)10-9-14(2)15(3)12-17/h14-16H,4-13,18H2,1-3H3. The highest BCUT2D eigenvalue weighted by Gasteiger charge is 2.43. The zero-order valence-corrected chi connectivity index (χ0v) is 13.3. The van der Waals surface area contributed by atoms with Gasteiger partial charge >= 0.3 is 0 Å². The van der Waals surface area contributed by atoms with Gasteiger partial charge in [-0.3, -0.25) is 4.90 Å². The largest absolute Gasteiger partial charge is 0.329 e. The first-order valence-electron chi connectivity index (χ1n) is 8.60. The molecule has 2 heteroatoms.